The molecule has 1 N–H and O–H groups in total. The number of nitrogens with zero attached hydrogens (tertiary/aromatic N) is 1. The predicted molar refractivity (Wildman–Crippen MR) is 97.4 cm³/mol. The number of hydrogen-bond donors (Lipinski definition) is 1. The van der Waals surface area contributed by atoms with E-state index in [-0.39, 0.29) is 18.0 Å². The van der Waals surface area contributed by atoms with Gasteiger partial charge in [-0.2, -0.15) is 0 Å². The molecule has 26 heavy (non-hydrogen) atoms. The third kappa shape index (κ3) is 4.38. The Morgan fingerprint density at radius 2 is 1.65 bits per heavy atom. The number of rotatable bonds is 6. The summed E-state index contributed by atoms with van der Waals surface area (Å²) in [5.74, 6) is -0.854. The summed E-state index contributed by atoms with van der Waals surface area (Å²) < 4.78 is 9.96. The van der Waals surface area contributed by atoms with Crippen molar-refractivity contribution in [2.45, 2.75) is 6.92 Å². The Balaban J connectivity index is 2.22. The molecule has 0 heterocycles. The molecule has 0 unspecified atom stereocenters. The number of amides is 2. The number of carbonyl (C=O) groups is 3. The summed E-state index contributed by atoms with van der Waals surface area (Å²) in [5, 5.41) is 2.64. The zero-order chi connectivity index (χ0) is 19.1. The van der Waals surface area contributed by atoms with Gasteiger partial charge in [-0.05, 0) is 24.3 Å². The average molecular weight is 356 g/mol. The second kappa shape index (κ2) is 8.66. The highest BCUT2D eigenvalue weighted by molar-refractivity contribution is 6.05. The number of para-hydroxylation sites is 3. The first-order valence-corrected chi connectivity index (χ1v) is 7.86. The van der Waals surface area contributed by atoms with Crippen LogP contribution < -0.4 is 15.0 Å². The first-order chi connectivity index (χ1) is 12.5. The monoisotopic (exact) mass is 356 g/mol. The van der Waals surface area contributed by atoms with Crippen molar-refractivity contribution < 1.29 is 23.9 Å². The third-order valence-corrected chi connectivity index (χ3v) is 3.66. The lowest BCUT2D eigenvalue weighted by atomic mass is 10.2. The Hall–Kier alpha value is -3.35. The van der Waals surface area contributed by atoms with Gasteiger partial charge >= 0.3 is 5.97 Å². The number of ether oxygens (including phenoxy) is 2. The smallest absolute Gasteiger partial charge is 0.339 e. The molecule has 0 saturated carbocycles. The Bertz CT molecular complexity index is 819. The van der Waals surface area contributed by atoms with Gasteiger partial charge in [-0.15, -0.1) is 0 Å². The van der Waals surface area contributed by atoms with Crippen LogP contribution >= 0.6 is 0 Å². The van der Waals surface area contributed by atoms with Crippen LogP contribution in [0, 0.1) is 0 Å². The summed E-state index contributed by atoms with van der Waals surface area (Å²) in [7, 11) is 2.75. The highest BCUT2D eigenvalue weighted by Gasteiger charge is 2.20. The van der Waals surface area contributed by atoms with Gasteiger partial charge < -0.3 is 14.8 Å². The van der Waals surface area contributed by atoms with Crippen LogP contribution in [0.25, 0.3) is 0 Å². The molecule has 0 fully saturated rings. The van der Waals surface area contributed by atoms with Crippen molar-refractivity contribution >= 4 is 29.2 Å². The van der Waals surface area contributed by atoms with E-state index in [1.807, 2.05) is 0 Å². The summed E-state index contributed by atoms with van der Waals surface area (Å²) in [5.41, 5.74) is 1.03. The molecular formula is C19H20N2O5. The fourth-order valence-corrected chi connectivity index (χ4v) is 2.43. The van der Waals surface area contributed by atoms with E-state index in [0.29, 0.717) is 17.1 Å². The van der Waals surface area contributed by atoms with Crippen LogP contribution in [-0.4, -0.2) is 38.5 Å². The van der Waals surface area contributed by atoms with E-state index >= 15 is 0 Å². The van der Waals surface area contributed by atoms with Crippen LogP contribution in [0.3, 0.4) is 0 Å². The maximum atomic E-state index is 12.5. The summed E-state index contributed by atoms with van der Waals surface area (Å²) >= 11 is 0. The van der Waals surface area contributed by atoms with E-state index < -0.39 is 11.9 Å². The first kappa shape index (κ1) is 19.0. The van der Waals surface area contributed by atoms with Gasteiger partial charge in [-0.25, -0.2) is 4.79 Å². The zero-order valence-electron chi connectivity index (χ0n) is 14.8. The molecule has 0 radical (unpaired) electrons. The SMILES string of the molecule is COC(=O)c1ccccc1NC(=O)CN(C(C)=O)c1ccccc1OC. The minimum absolute atomic E-state index is 0.231. The molecule has 2 aromatic carbocycles. The lowest BCUT2D eigenvalue weighted by Gasteiger charge is -2.23. The van der Waals surface area contributed by atoms with Crippen molar-refractivity contribution in [3.8, 4) is 5.75 Å². The number of hydrogen-bond acceptors (Lipinski definition) is 5. The fraction of sp³-hybridized carbons (Fsp3) is 0.211. The summed E-state index contributed by atoms with van der Waals surface area (Å²) in [6, 6.07) is 13.4. The molecule has 0 aliphatic carbocycles. The van der Waals surface area contributed by atoms with E-state index in [2.05, 4.69) is 5.32 Å². The van der Waals surface area contributed by atoms with Crippen molar-refractivity contribution in [2.75, 3.05) is 31.0 Å². The zero-order valence-corrected chi connectivity index (χ0v) is 14.8. The minimum Gasteiger partial charge on any atom is -0.495 e. The summed E-state index contributed by atoms with van der Waals surface area (Å²) in [6.07, 6.45) is 0. The molecule has 0 aliphatic heterocycles. The molecule has 136 valence electrons. The maximum absolute atomic E-state index is 12.5. The van der Waals surface area contributed by atoms with Crippen molar-refractivity contribution in [3.05, 3.63) is 54.1 Å². The fourth-order valence-electron chi connectivity index (χ4n) is 2.43. The minimum atomic E-state index is -0.561. The molecule has 2 amide bonds. The molecule has 0 saturated heterocycles. The predicted octanol–water partition coefficient (Wildman–Crippen LogP) is 2.47. The van der Waals surface area contributed by atoms with E-state index in [4.69, 9.17) is 9.47 Å². The molecule has 0 aliphatic rings. The Morgan fingerprint density at radius 3 is 2.31 bits per heavy atom. The van der Waals surface area contributed by atoms with Crippen molar-refractivity contribution in [2.24, 2.45) is 0 Å². The second-order valence-electron chi connectivity index (χ2n) is 5.36. The maximum Gasteiger partial charge on any atom is 0.339 e. The lowest BCUT2D eigenvalue weighted by Crippen LogP contribution is -2.37. The number of esters is 1. The number of carbonyl (C=O) groups excluding carboxylic acids is 3. The number of anilines is 2. The van der Waals surface area contributed by atoms with E-state index in [0.717, 1.165) is 0 Å². The number of methoxy groups -OCH3 is 2. The molecule has 0 atom stereocenters. The quantitative estimate of drug-likeness (QED) is 0.804. The van der Waals surface area contributed by atoms with Crippen LogP contribution in [0.1, 0.15) is 17.3 Å². The highest BCUT2D eigenvalue weighted by atomic mass is 16.5. The van der Waals surface area contributed by atoms with Gasteiger partial charge in [0.1, 0.15) is 12.3 Å². The van der Waals surface area contributed by atoms with Crippen molar-refractivity contribution in [3.63, 3.8) is 0 Å². The lowest BCUT2D eigenvalue weighted by molar-refractivity contribution is -0.120. The largest absolute Gasteiger partial charge is 0.495 e. The average Bonchev–Trinajstić information content (AvgIpc) is 2.65. The summed E-state index contributed by atoms with van der Waals surface area (Å²) in [4.78, 5) is 37.6. The third-order valence-electron chi connectivity index (χ3n) is 3.66. The molecular weight excluding hydrogens is 336 g/mol. The van der Waals surface area contributed by atoms with Crippen LogP contribution in [0.5, 0.6) is 5.75 Å². The van der Waals surface area contributed by atoms with E-state index in [1.165, 1.54) is 26.0 Å². The van der Waals surface area contributed by atoms with Gasteiger partial charge in [0.15, 0.2) is 0 Å². The van der Waals surface area contributed by atoms with Crippen LogP contribution in [0.4, 0.5) is 11.4 Å². The number of benzene rings is 2. The van der Waals surface area contributed by atoms with E-state index in [1.54, 1.807) is 48.5 Å². The van der Waals surface area contributed by atoms with E-state index in [9.17, 15) is 14.4 Å². The standard InChI is InChI=1S/C19H20N2O5/c1-13(22)21(16-10-6-7-11-17(16)25-2)12-18(23)20-15-9-5-4-8-14(15)19(24)26-3/h4-11H,12H2,1-3H3,(H,20,23). The molecule has 2 rings (SSSR count). The van der Waals surface area contributed by atoms with Gasteiger partial charge in [-0.3, -0.25) is 14.5 Å². The normalized spacial score (nSPS) is 9.96. The van der Waals surface area contributed by atoms with Gasteiger partial charge in [0.2, 0.25) is 11.8 Å². The summed E-state index contributed by atoms with van der Waals surface area (Å²) in [6.45, 7) is 1.13. The Kier molecular flexibility index (Phi) is 6.32. The second-order valence-corrected chi connectivity index (χ2v) is 5.36. The van der Waals surface area contributed by atoms with Crippen LogP contribution in [0.15, 0.2) is 48.5 Å². The molecule has 7 nitrogen and oxygen atoms in total. The highest BCUT2D eigenvalue weighted by Crippen LogP contribution is 2.27. The van der Waals surface area contributed by atoms with Crippen LogP contribution in [-0.2, 0) is 14.3 Å². The topological polar surface area (TPSA) is 84.9 Å². The molecule has 0 bridgehead atoms. The Labute approximate surface area is 151 Å². The van der Waals surface area contributed by atoms with Gasteiger partial charge in [0, 0.05) is 6.92 Å². The molecule has 0 spiro atoms. The van der Waals surface area contributed by atoms with Gasteiger partial charge in [0.25, 0.3) is 0 Å². The van der Waals surface area contributed by atoms with Gasteiger partial charge in [0.05, 0.1) is 31.2 Å². The van der Waals surface area contributed by atoms with Crippen molar-refractivity contribution in [1.29, 1.82) is 0 Å². The Morgan fingerprint density at radius 1 is 1.00 bits per heavy atom. The molecule has 0 aromatic heterocycles. The van der Waals surface area contributed by atoms with Crippen LogP contribution in [0.2, 0.25) is 0 Å². The van der Waals surface area contributed by atoms with Gasteiger partial charge in [-0.1, -0.05) is 24.3 Å². The van der Waals surface area contributed by atoms with Crippen molar-refractivity contribution in [1.82, 2.24) is 0 Å². The molecule has 7 heteroatoms. The number of nitrogens with one attached hydrogen (secondary N) is 1. The molecule has 2 aromatic rings. The first-order valence-electron chi connectivity index (χ1n) is 7.86.